The van der Waals surface area contributed by atoms with Gasteiger partial charge in [0.05, 0.1) is 17.1 Å². The van der Waals surface area contributed by atoms with Gasteiger partial charge in [0.15, 0.2) is 5.82 Å². The Balaban J connectivity index is 1.16. The van der Waals surface area contributed by atoms with E-state index in [1.165, 1.54) is 5.69 Å². The number of hydrogen-bond acceptors (Lipinski definition) is 8. The molecule has 1 saturated carbocycles. The van der Waals surface area contributed by atoms with E-state index in [4.69, 9.17) is 9.51 Å². The van der Waals surface area contributed by atoms with Crippen LogP contribution in [-0.4, -0.2) is 57.2 Å². The van der Waals surface area contributed by atoms with Gasteiger partial charge >= 0.3 is 11.8 Å². The first-order chi connectivity index (χ1) is 19.4. The van der Waals surface area contributed by atoms with Crippen molar-refractivity contribution in [2.75, 3.05) is 31.1 Å². The Kier molecular flexibility index (Phi) is 5.81. The number of rotatable bonds is 6. The van der Waals surface area contributed by atoms with Crippen molar-refractivity contribution in [3.8, 4) is 11.3 Å². The van der Waals surface area contributed by atoms with Gasteiger partial charge in [-0.2, -0.15) is 4.98 Å². The molecule has 0 spiro atoms. The third-order valence-electron chi connectivity index (χ3n) is 8.37. The van der Waals surface area contributed by atoms with Crippen molar-refractivity contribution in [3.63, 3.8) is 0 Å². The number of H-pyrrole nitrogens is 1. The number of carbonyl (C=O) groups excluding carboxylic acids is 1. The van der Waals surface area contributed by atoms with Gasteiger partial charge < -0.3 is 25.0 Å². The fourth-order valence-corrected chi connectivity index (χ4v) is 5.67. The van der Waals surface area contributed by atoms with E-state index >= 15 is 0 Å². The second-order valence-electron chi connectivity index (χ2n) is 11.3. The Morgan fingerprint density at radius 1 is 1.12 bits per heavy atom. The van der Waals surface area contributed by atoms with E-state index in [1.54, 1.807) is 6.33 Å². The molecule has 2 fully saturated rings. The second kappa shape index (κ2) is 9.41. The van der Waals surface area contributed by atoms with Gasteiger partial charge in [-0.1, -0.05) is 30.3 Å². The summed E-state index contributed by atoms with van der Waals surface area (Å²) in [5.74, 6) is 0.252. The monoisotopic (exact) mass is 536 g/mol. The lowest BCUT2D eigenvalue weighted by Gasteiger charge is -2.29. The first kappa shape index (κ1) is 24.7. The number of nitrogens with one attached hydrogen (secondary N) is 3. The van der Waals surface area contributed by atoms with Crippen molar-refractivity contribution >= 4 is 33.5 Å². The number of aryl methyl sites for hydroxylation is 1. The summed E-state index contributed by atoms with van der Waals surface area (Å²) in [5.41, 5.74) is 6.97. The zero-order valence-electron chi connectivity index (χ0n) is 22.9. The molecule has 0 radical (unpaired) electrons. The zero-order valence-corrected chi connectivity index (χ0v) is 22.9. The lowest BCUT2D eigenvalue weighted by atomic mass is 9.97. The molecule has 10 heteroatoms. The Labute approximate surface area is 231 Å². The summed E-state index contributed by atoms with van der Waals surface area (Å²) < 4.78 is 5.25. The summed E-state index contributed by atoms with van der Waals surface area (Å²) >= 11 is 0. The van der Waals surface area contributed by atoms with Crippen molar-refractivity contribution in [1.29, 1.82) is 0 Å². The molecule has 1 saturated heterocycles. The average molecular weight is 537 g/mol. The maximum Gasteiger partial charge on any atom is 0.315 e. The van der Waals surface area contributed by atoms with Crippen LogP contribution in [0.1, 0.15) is 60.4 Å². The van der Waals surface area contributed by atoms with E-state index in [0.29, 0.717) is 5.82 Å². The number of aromatic amines is 1. The second-order valence-corrected chi connectivity index (χ2v) is 11.3. The van der Waals surface area contributed by atoms with Gasteiger partial charge in [-0.3, -0.25) is 4.79 Å². The van der Waals surface area contributed by atoms with E-state index < -0.39 is 0 Å². The molecule has 7 rings (SSSR count). The van der Waals surface area contributed by atoms with Crippen LogP contribution < -0.4 is 15.5 Å². The summed E-state index contributed by atoms with van der Waals surface area (Å²) in [5, 5.41) is 12.5. The number of benzene rings is 2. The van der Waals surface area contributed by atoms with E-state index in [1.807, 2.05) is 19.9 Å². The highest BCUT2D eigenvalue weighted by Crippen LogP contribution is 2.46. The highest BCUT2D eigenvalue weighted by atomic mass is 16.5. The standard InChI is InChI=1S/C30H32N8O2/c1-17-14-19(4-6-21(17)18(2)34-27(39)28-36-29(37-40-28)30(3)8-9-30)25-24-22-7-5-20(38-12-10-31-11-13-38)15-23(22)35-26(24)33-16-32-25/h4-7,14-16,18,31H,8-13H2,1-3H3,(H,34,39)(H,32,33,35). The molecule has 0 bridgehead atoms. The van der Waals surface area contributed by atoms with Crippen molar-refractivity contribution in [1.82, 2.24) is 35.7 Å². The van der Waals surface area contributed by atoms with Gasteiger partial charge in [0, 0.05) is 53.7 Å². The lowest BCUT2D eigenvalue weighted by Crippen LogP contribution is -2.43. The number of nitrogens with zero attached hydrogens (tertiary/aromatic N) is 5. The third-order valence-corrected chi connectivity index (χ3v) is 8.37. The Morgan fingerprint density at radius 3 is 2.73 bits per heavy atom. The van der Waals surface area contributed by atoms with Crippen LogP contribution in [0.5, 0.6) is 0 Å². The van der Waals surface area contributed by atoms with Crippen LogP contribution in [0.15, 0.2) is 47.2 Å². The SMILES string of the molecule is Cc1cc(-c2ncnc3[nH]c4cc(N5CCNCC5)ccc4c23)ccc1C(C)NC(=O)c1nc(C2(C)CC2)no1. The molecule has 40 heavy (non-hydrogen) atoms. The van der Waals surface area contributed by atoms with E-state index in [2.05, 4.69) is 72.9 Å². The van der Waals surface area contributed by atoms with E-state index in [0.717, 1.165) is 83.3 Å². The van der Waals surface area contributed by atoms with Gasteiger partial charge in [-0.25, -0.2) is 9.97 Å². The summed E-state index contributed by atoms with van der Waals surface area (Å²) in [6, 6.07) is 12.5. The molecule has 1 unspecified atom stereocenters. The zero-order chi connectivity index (χ0) is 27.4. The predicted octanol–water partition coefficient (Wildman–Crippen LogP) is 4.42. The molecule has 5 aromatic rings. The van der Waals surface area contributed by atoms with Crippen molar-refractivity contribution in [3.05, 3.63) is 65.6 Å². The Hall–Kier alpha value is -4.31. The highest BCUT2D eigenvalue weighted by molar-refractivity contribution is 6.12. The van der Waals surface area contributed by atoms with Crippen LogP contribution in [0.2, 0.25) is 0 Å². The van der Waals surface area contributed by atoms with Crippen LogP contribution in [0.3, 0.4) is 0 Å². The minimum atomic E-state index is -0.365. The molecule has 2 aliphatic rings. The maximum absolute atomic E-state index is 12.8. The van der Waals surface area contributed by atoms with Crippen LogP contribution in [-0.2, 0) is 5.41 Å². The van der Waals surface area contributed by atoms with Gasteiger partial charge in [0.25, 0.3) is 0 Å². The van der Waals surface area contributed by atoms with Gasteiger partial charge in [-0.05, 0) is 56.0 Å². The number of anilines is 1. The first-order valence-corrected chi connectivity index (χ1v) is 13.9. The van der Waals surface area contributed by atoms with Crippen molar-refractivity contribution in [2.45, 2.75) is 45.1 Å². The molecule has 4 heterocycles. The number of fused-ring (bicyclic) bond motifs is 3. The highest BCUT2D eigenvalue weighted by Gasteiger charge is 2.44. The van der Waals surface area contributed by atoms with Gasteiger partial charge in [0.1, 0.15) is 12.0 Å². The Bertz CT molecular complexity index is 1750. The summed E-state index contributed by atoms with van der Waals surface area (Å²) in [6.45, 7) is 10.1. The molecule has 1 aliphatic carbocycles. The number of piperazine rings is 1. The number of amides is 1. The summed E-state index contributed by atoms with van der Waals surface area (Å²) in [6.07, 6.45) is 3.64. The lowest BCUT2D eigenvalue weighted by molar-refractivity contribution is 0.0895. The summed E-state index contributed by atoms with van der Waals surface area (Å²) in [4.78, 5) is 32.3. The fourth-order valence-electron chi connectivity index (χ4n) is 5.67. The molecule has 3 aromatic heterocycles. The number of aromatic nitrogens is 5. The fraction of sp³-hybridized carbons (Fsp3) is 0.367. The van der Waals surface area contributed by atoms with E-state index in [-0.39, 0.29) is 23.3 Å². The normalized spacial score (nSPS) is 17.3. The smallest absolute Gasteiger partial charge is 0.315 e. The molecular formula is C30H32N8O2. The van der Waals surface area contributed by atoms with Crippen molar-refractivity contribution in [2.24, 2.45) is 0 Å². The molecule has 204 valence electrons. The molecule has 10 nitrogen and oxygen atoms in total. The molecule has 1 amide bonds. The molecule has 3 N–H and O–H groups in total. The number of hydrogen-bond donors (Lipinski definition) is 3. The molecule has 2 aromatic carbocycles. The maximum atomic E-state index is 12.8. The van der Waals surface area contributed by atoms with E-state index in [9.17, 15) is 4.79 Å². The largest absolute Gasteiger partial charge is 0.369 e. The average Bonchev–Trinajstić information content (AvgIpc) is 3.36. The third kappa shape index (κ3) is 4.28. The molecule has 1 aliphatic heterocycles. The van der Waals surface area contributed by atoms with Crippen LogP contribution in [0.4, 0.5) is 5.69 Å². The minimum absolute atomic E-state index is 0.00655. The molecular weight excluding hydrogens is 504 g/mol. The quantitative estimate of drug-likeness (QED) is 0.291. The molecule has 1 atom stereocenters. The summed E-state index contributed by atoms with van der Waals surface area (Å²) in [7, 11) is 0. The van der Waals surface area contributed by atoms with Crippen molar-refractivity contribution < 1.29 is 9.32 Å². The van der Waals surface area contributed by atoms with Gasteiger partial charge in [-0.15, -0.1) is 0 Å². The van der Waals surface area contributed by atoms with Gasteiger partial charge in [0.2, 0.25) is 0 Å². The number of carbonyl (C=O) groups is 1. The van der Waals surface area contributed by atoms with Crippen LogP contribution in [0.25, 0.3) is 33.2 Å². The van der Waals surface area contributed by atoms with Crippen LogP contribution in [0, 0.1) is 6.92 Å². The minimum Gasteiger partial charge on any atom is -0.369 e. The first-order valence-electron chi connectivity index (χ1n) is 13.9. The topological polar surface area (TPSA) is 125 Å². The Morgan fingerprint density at radius 2 is 1.95 bits per heavy atom. The predicted molar refractivity (Wildman–Crippen MR) is 153 cm³/mol. The van der Waals surface area contributed by atoms with Crippen LogP contribution >= 0.6 is 0 Å².